The van der Waals surface area contributed by atoms with Gasteiger partial charge in [-0.25, -0.2) is 17.6 Å². The fourth-order valence-corrected chi connectivity index (χ4v) is 4.65. The first-order chi connectivity index (χ1) is 15.3. The third kappa shape index (κ3) is 4.29. The molecule has 0 N–H and O–H groups in total. The lowest BCUT2D eigenvalue weighted by Crippen LogP contribution is -2.30. The number of ketones is 1. The van der Waals surface area contributed by atoms with Crippen molar-refractivity contribution in [2.45, 2.75) is 13.3 Å². The molecule has 1 aromatic heterocycles. The van der Waals surface area contributed by atoms with Gasteiger partial charge in [0.15, 0.2) is 12.4 Å². The Bertz CT molecular complexity index is 1280. The predicted molar refractivity (Wildman–Crippen MR) is 116 cm³/mol. The van der Waals surface area contributed by atoms with Gasteiger partial charge in [-0.3, -0.25) is 9.10 Å². The van der Waals surface area contributed by atoms with Crippen LogP contribution in [-0.4, -0.2) is 39.1 Å². The van der Waals surface area contributed by atoms with Crippen molar-refractivity contribution >= 4 is 27.5 Å². The lowest BCUT2D eigenvalue weighted by atomic mass is 10.1. The molecule has 0 spiro atoms. The largest absolute Gasteiger partial charge is 0.451 e. The summed E-state index contributed by atoms with van der Waals surface area (Å²) in [6.45, 7) is 1.44. The fraction of sp³-hybridized carbons (Fsp3) is 0.217. The number of halogens is 1. The average molecular weight is 457 g/mol. The molecule has 2 aromatic carbocycles. The summed E-state index contributed by atoms with van der Waals surface area (Å²) in [6, 6.07) is 13.3. The smallest absolute Gasteiger partial charge is 0.374 e. The van der Waals surface area contributed by atoms with Crippen LogP contribution in [0.3, 0.4) is 0 Å². The van der Waals surface area contributed by atoms with Gasteiger partial charge in [0.25, 0.3) is 0 Å². The van der Waals surface area contributed by atoms with Crippen LogP contribution in [0.1, 0.15) is 33.4 Å². The van der Waals surface area contributed by atoms with Gasteiger partial charge in [0, 0.05) is 17.7 Å². The summed E-state index contributed by atoms with van der Waals surface area (Å²) < 4.78 is 49.3. The third-order valence-electron chi connectivity index (χ3n) is 5.23. The van der Waals surface area contributed by atoms with Crippen molar-refractivity contribution in [1.82, 2.24) is 0 Å². The average Bonchev–Trinajstić information content (AvgIpc) is 3.45. The van der Waals surface area contributed by atoms with Gasteiger partial charge in [-0.1, -0.05) is 0 Å². The molecule has 0 saturated heterocycles. The van der Waals surface area contributed by atoms with E-state index in [0.29, 0.717) is 35.5 Å². The molecule has 0 aliphatic carbocycles. The molecule has 3 aromatic rings. The first kappa shape index (κ1) is 21.8. The number of hydrogen-bond donors (Lipinski definition) is 0. The van der Waals surface area contributed by atoms with Crippen molar-refractivity contribution in [3.05, 3.63) is 77.3 Å². The van der Waals surface area contributed by atoms with Crippen LogP contribution in [0.2, 0.25) is 0 Å². The highest BCUT2D eigenvalue weighted by atomic mass is 32.2. The zero-order valence-electron chi connectivity index (χ0n) is 17.2. The lowest BCUT2D eigenvalue weighted by molar-refractivity contribution is 0.0445. The first-order valence-corrected chi connectivity index (χ1v) is 11.6. The maximum absolute atomic E-state index is 13.0. The number of furan rings is 1. The van der Waals surface area contributed by atoms with Crippen LogP contribution in [0.25, 0.3) is 11.3 Å². The van der Waals surface area contributed by atoms with E-state index in [4.69, 9.17) is 9.15 Å². The lowest BCUT2D eigenvalue weighted by Gasteiger charge is -2.18. The summed E-state index contributed by atoms with van der Waals surface area (Å²) in [4.78, 5) is 24.7. The third-order valence-corrected chi connectivity index (χ3v) is 7.01. The van der Waals surface area contributed by atoms with Crippen molar-refractivity contribution in [2.24, 2.45) is 0 Å². The molecule has 166 valence electrons. The number of nitrogens with zero attached hydrogens (tertiary/aromatic N) is 1. The second-order valence-electron chi connectivity index (χ2n) is 7.24. The molecule has 0 unspecified atom stereocenters. The number of sulfonamides is 1. The van der Waals surface area contributed by atoms with Crippen LogP contribution in [0.4, 0.5) is 10.1 Å². The van der Waals surface area contributed by atoms with Crippen molar-refractivity contribution in [3.63, 3.8) is 0 Å². The van der Waals surface area contributed by atoms with Gasteiger partial charge in [0.05, 0.1) is 11.4 Å². The van der Waals surface area contributed by atoms with E-state index in [1.54, 1.807) is 25.1 Å². The van der Waals surface area contributed by atoms with E-state index >= 15 is 0 Å². The zero-order chi connectivity index (χ0) is 22.9. The van der Waals surface area contributed by atoms with Crippen LogP contribution in [0, 0.1) is 5.82 Å². The molecule has 2 heterocycles. The highest BCUT2D eigenvalue weighted by Gasteiger charge is 2.28. The number of carbonyl (C=O) groups excluding carboxylic acids is 2. The Morgan fingerprint density at radius 2 is 1.84 bits per heavy atom. The highest BCUT2D eigenvalue weighted by molar-refractivity contribution is 7.92. The molecule has 0 bridgehead atoms. The molecule has 32 heavy (non-hydrogen) atoms. The maximum Gasteiger partial charge on any atom is 0.374 e. The van der Waals surface area contributed by atoms with Crippen molar-refractivity contribution in [1.29, 1.82) is 0 Å². The summed E-state index contributed by atoms with van der Waals surface area (Å²) >= 11 is 0. The Kier molecular flexibility index (Phi) is 5.84. The van der Waals surface area contributed by atoms with E-state index in [9.17, 15) is 22.4 Å². The van der Waals surface area contributed by atoms with E-state index in [0.717, 1.165) is 5.56 Å². The molecule has 0 radical (unpaired) electrons. The molecule has 9 heteroatoms. The van der Waals surface area contributed by atoms with Gasteiger partial charge in [0.2, 0.25) is 15.8 Å². The number of anilines is 1. The molecule has 0 atom stereocenters. The van der Waals surface area contributed by atoms with E-state index < -0.39 is 28.4 Å². The second kappa shape index (κ2) is 8.58. The standard InChI is InChI=1S/C23H20FNO6S/c1-2-32(28,29)25-12-11-16-13-17(5-8-19(16)25)20(26)14-30-23(27)22-10-9-21(31-22)15-3-6-18(24)7-4-15/h3-10,13H,2,11-12,14H2,1H3. The normalized spacial score (nSPS) is 13.1. The van der Waals surface area contributed by atoms with E-state index in [1.165, 1.54) is 40.7 Å². The minimum absolute atomic E-state index is 0.00126. The number of esters is 1. The monoisotopic (exact) mass is 457 g/mol. The number of carbonyl (C=O) groups is 2. The molecule has 1 aliphatic heterocycles. The molecule has 0 amide bonds. The molecule has 4 rings (SSSR count). The number of Topliss-reactive ketones (excluding diaryl/α,β-unsaturated/α-hetero) is 1. The van der Waals surface area contributed by atoms with Crippen LogP contribution < -0.4 is 4.31 Å². The molecular weight excluding hydrogens is 437 g/mol. The van der Waals surface area contributed by atoms with Gasteiger partial charge >= 0.3 is 5.97 Å². The van der Waals surface area contributed by atoms with Gasteiger partial charge in [-0.15, -0.1) is 0 Å². The minimum atomic E-state index is -3.37. The van der Waals surface area contributed by atoms with Gasteiger partial charge in [0.1, 0.15) is 11.6 Å². The number of hydrogen-bond acceptors (Lipinski definition) is 6. The van der Waals surface area contributed by atoms with Gasteiger partial charge in [-0.2, -0.15) is 0 Å². The Labute approximate surface area is 184 Å². The molecule has 1 aliphatic rings. The Morgan fingerprint density at radius 1 is 1.09 bits per heavy atom. The van der Waals surface area contributed by atoms with Crippen LogP contribution in [0.15, 0.2) is 59.0 Å². The number of ether oxygens (including phenoxy) is 1. The summed E-state index contributed by atoms with van der Waals surface area (Å²) in [7, 11) is -3.37. The topological polar surface area (TPSA) is 93.9 Å². The molecule has 0 fully saturated rings. The van der Waals surface area contributed by atoms with E-state index in [1.807, 2.05) is 0 Å². The SMILES string of the molecule is CCS(=O)(=O)N1CCc2cc(C(=O)COC(=O)c3ccc(-c4ccc(F)cc4)o3)ccc21. The van der Waals surface area contributed by atoms with E-state index in [2.05, 4.69) is 0 Å². The molecule has 0 saturated carbocycles. The van der Waals surface area contributed by atoms with Crippen LogP contribution >= 0.6 is 0 Å². The Morgan fingerprint density at radius 3 is 2.56 bits per heavy atom. The van der Waals surface area contributed by atoms with Crippen LogP contribution in [0.5, 0.6) is 0 Å². The first-order valence-electron chi connectivity index (χ1n) is 9.98. The Balaban J connectivity index is 1.40. The van der Waals surface area contributed by atoms with Crippen molar-refractivity contribution < 1.29 is 31.6 Å². The predicted octanol–water partition coefficient (Wildman–Crippen LogP) is 3.84. The van der Waals surface area contributed by atoms with Gasteiger partial charge in [-0.05, 0) is 73.5 Å². The van der Waals surface area contributed by atoms with Crippen LogP contribution in [-0.2, 0) is 21.2 Å². The summed E-state index contributed by atoms with van der Waals surface area (Å²) in [5, 5.41) is 0. The van der Waals surface area contributed by atoms with Gasteiger partial charge < -0.3 is 9.15 Å². The summed E-state index contributed by atoms with van der Waals surface area (Å²) in [6.07, 6.45) is 0.508. The quantitative estimate of drug-likeness (QED) is 0.395. The number of benzene rings is 2. The van der Waals surface area contributed by atoms with Crippen molar-refractivity contribution in [2.75, 3.05) is 23.2 Å². The maximum atomic E-state index is 13.0. The van der Waals surface area contributed by atoms with Crippen molar-refractivity contribution in [3.8, 4) is 11.3 Å². The Hall–Kier alpha value is -3.46. The number of rotatable bonds is 7. The summed E-state index contributed by atoms with van der Waals surface area (Å²) in [5.74, 6) is -1.31. The number of fused-ring (bicyclic) bond motifs is 1. The zero-order valence-corrected chi connectivity index (χ0v) is 18.0. The fourth-order valence-electron chi connectivity index (χ4n) is 3.49. The minimum Gasteiger partial charge on any atom is -0.451 e. The summed E-state index contributed by atoms with van der Waals surface area (Å²) in [5.41, 5.74) is 2.26. The molecular formula is C23H20FNO6S. The molecule has 7 nitrogen and oxygen atoms in total. The second-order valence-corrected chi connectivity index (χ2v) is 9.42. The highest BCUT2D eigenvalue weighted by Crippen LogP contribution is 2.31. The van der Waals surface area contributed by atoms with E-state index in [-0.39, 0.29) is 17.3 Å².